The summed E-state index contributed by atoms with van der Waals surface area (Å²) in [6.45, 7) is 7.72. The van der Waals surface area contributed by atoms with Gasteiger partial charge in [0.05, 0.1) is 10.7 Å². The minimum absolute atomic E-state index is 0.0801. The monoisotopic (exact) mass is 425 g/mol. The first-order valence-electron chi connectivity index (χ1n) is 10.2. The summed E-state index contributed by atoms with van der Waals surface area (Å²) in [6.07, 6.45) is 3.23. The van der Waals surface area contributed by atoms with Crippen molar-refractivity contribution in [3.8, 4) is 0 Å². The van der Waals surface area contributed by atoms with Crippen molar-refractivity contribution in [2.24, 2.45) is 0 Å². The molecule has 2 rings (SSSR count). The summed E-state index contributed by atoms with van der Waals surface area (Å²) < 4.78 is 0. The molecule has 1 N–H and O–H groups in total. The molecule has 1 fully saturated rings. The Labute approximate surface area is 178 Å². The summed E-state index contributed by atoms with van der Waals surface area (Å²) >= 11 is 8.39. The Kier molecular flexibility index (Phi) is 9.99. The maximum atomic E-state index is 12.3. The van der Waals surface area contributed by atoms with Crippen molar-refractivity contribution in [1.82, 2.24) is 4.90 Å². The third-order valence-corrected chi connectivity index (χ3v) is 5.96. The Hall–Kier alpha value is -1.40. The van der Waals surface area contributed by atoms with E-state index in [0.717, 1.165) is 56.2 Å². The molecular formula is C21H32ClN3O2S. The van der Waals surface area contributed by atoms with Crippen LogP contribution in [0.5, 0.6) is 0 Å². The molecule has 1 heterocycles. The summed E-state index contributed by atoms with van der Waals surface area (Å²) in [5.41, 5.74) is 1.73. The molecule has 1 saturated heterocycles. The topological polar surface area (TPSA) is 52.7 Å². The number of nitrogens with one attached hydrogen (secondary N) is 1. The van der Waals surface area contributed by atoms with Crippen molar-refractivity contribution in [2.45, 2.75) is 46.0 Å². The Bertz CT molecular complexity index is 645. The minimum atomic E-state index is -0.0801. The number of carbonyl (C=O) groups excluding carboxylic acids is 2. The summed E-state index contributed by atoms with van der Waals surface area (Å²) in [5, 5.41) is 3.56. The van der Waals surface area contributed by atoms with E-state index in [9.17, 15) is 9.59 Å². The van der Waals surface area contributed by atoms with E-state index >= 15 is 0 Å². The predicted octanol–water partition coefficient (Wildman–Crippen LogP) is 4.65. The number of rotatable bonds is 10. The average molecular weight is 426 g/mol. The molecular weight excluding hydrogens is 394 g/mol. The molecule has 0 bridgehead atoms. The fourth-order valence-corrected chi connectivity index (χ4v) is 4.53. The van der Waals surface area contributed by atoms with Crippen LogP contribution in [0.3, 0.4) is 0 Å². The first kappa shape index (κ1) is 22.9. The Morgan fingerprint density at radius 2 is 1.82 bits per heavy atom. The molecule has 28 heavy (non-hydrogen) atoms. The van der Waals surface area contributed by atoms with Crippen molar-refractivity contribution in [2.75, 3.05) is 47.9 Å². The van der Waals surface area contributed by atoms with Gasteiger partial charge in [0.2, 0.25) is 11.8 Å². The molecule has 1 aromatic rings. The summed E-state index contributed by atoms with van der Waals surface area (Å²) in [5.74, 6) is 2.29. The normalized spacial score (nSPS) is 14.0. The lowest BCUT2D eigenvalue weighted by Crippen LogP contribution is -2.32. The van der Waals surface area contributed by atoms with Crippen molar-refractivity contribution in [3.63, 3.8) is 0 Å². The van der Waals surface area contributed by atoms with Gasteiger partial charge in [-0.25, -0.2) is 0 Å². The highest BCUT2D eigenvalue weighted by atomic mass is 35.5. The van der Waals surface area contributed by atoms with E-state index in [1.165, 1.54) is 0 Å². The van der Waals surface area contributed by atoms with E-state index < -0.39 is 0 Å². The van der Waals surface area contributed by atoms with Crippen molar-refractivity contribution >= 4 is 46.6 Å². The number of hydrogen-bond acceptors (Lipinski definition) is 4. The van der Waals surface area contributed by atoms with Gasteiger partial charge in [-0.2, -0.15) is 11.8 Å². The highest BCUT2D eigenvalue weighted by Crippen LogP contribution is 2.30. The van der Waals surface area contributed by atoms with Crippen molar-refractivity contribution in [1.29, 1.82) is 0 Å². The van der Waals surface area contributed by atoms with Crippen LogP contribution in [0, 0.1) is 0 Å². The molecule has 0 aromatic heterocycles. The number of benzene rings is 1. The lowest BCUT2D eigenvalue weighted by atomic mass is 10.2. The number of hydrogen-bond donors (Lipinski definition) is 1. The van der Waals surface area contributed by atoms with Crippen LogP contribution in [0.15, 0.2) is 18.2 Å². The third kappa shape index (κ3) is 7.21. The van der Waals surface area contributed by atoms with Gasteiger partial charge in [0.1, 0.15) is 0 Å². The first-order valence-corrected chi connectivity index (χ1v) is 11.8. The van der Waals surface area contributed by atoms with E-state index in [1.807, 2.05) is 34.9 Å². The van der Waals surface area contributed by atoms with Crippen LogP contribution in [0.25, 0.3) is 0 Å². The van der Waals surface area contributed by atoms with Crippen molar-refractivity contribution in [3.05, 3.63) is 23.2 Å². The van der Waals surface area contributed by atoms with Crippen LogP contribution in [0.2, 0.25) is 5.02 Å². The van der Waals surface area contributed by atoms with Gasteiger partial charge in [0.15, 0.2) is 0 Å². The lowest BCUT2D eigenvalue weighted by molar-refractivity contribution is -0.131. The molecule has 2 amide bonds. The highest BCUT2D eigenvalue weighted by Gasteiger charge is 2.15. The number of anilines is 2. The number of thioether (sulfide) groups is 1. The third-order valence-electron chi connectivity index (χ3n) is 4.72. The smallest absolute Gasteiger partial charge is 0.224 e. The second kappa shape index (κ2) is 12.2. The molecule has 1 aliphatic rings. The van der Waals surface area contributed by atoms with Gasteiger partial charge < -0.3 is 15.1 Å². The zero-order valence-electron chi connectivity index (χ0n) is 17.0. The largest absolute Gasteiger partial charge is 0.369 e. The fourth-order valence-electron chi connectivity index (χ4n) is 3.33. The quantitative estimate of drug-likeness (QED) is 0.592. The molecule has 0 saturated carbocycles. The molecule has 0 radical (unpaired) electrons. The molecule has 0 aliphatic carbocycles. The Balaban J connectivity index is 1.79. The average Bonchev–Trinajstić information content (AvgIpc) is 2.68. The van der Waals surface area contributed by atoms with E-state index in [-0.39, 0.29) is 11.8 Å². The van der Waals surface area contributed by atoms with Crippen molar-refractivity contribution < 1.29 is 9.59 Å². The van der Waals surface area contributed by atoms with E-state index in [1.54, 1.807) is 0 Å². The van der Waals surface area contributed by atoms with Gasteiger partial charge in [0.25, 0.3) is 0 Å². The van der Waals surface area contributed by atoms with Gasteiger partial charge in [-0.05, 0) is 37.5 Å². The molecule has 7 heteroatoms. The van der Waals surface area contributed by atoms with Crippen LogP contribution in [-0.2, 0) is 9.59 Å². The summed E-state index contributed by atoms with van der Waals surface area (Å²) in [7, 11) is 0. The van der Waals surface area contributed by atoms with Crippen LogP contribution in [0.4, 0.5) is 11.4 Å². The second-order valence-corrected chi connectivity index (χ2v) is 8.68. The minimum Gasteiger partial charge on any atom is -0.369 e. The van der Waals surface area contributed by atoms with Gasteiger partial charge >= 0.3 is 0 Å². The van der Waals surface area contributed by atoms with Crippen LogP contribution < -0.4 is 10.2 Å². The highest BCUT2D eigenvalue weighted by molar-refractivity contribution is 7.99. The molecule has 0 atom stereocenters. The summed E-state index contributed by atoms with van der Waals surface area (Å²) in [4.78, 5) is 28.7. The summed E-state index contributed by atoms with van der Waals surface area (Å²) in [6, 6.07) is 5.69. The molecule has 0 unspecified atom stereocenters. The van der Waals surface area contributed by atoms with Gasteiger partial charge in [0, 0.05) is 56.2 Å². The van der Waals surface area contributed by atoms with Gasteiger partial charge in [-0.3, -0.25) is 9.59 Å². The standard InChI is InChI=1S/C21H32ClN3O2S/c1-3-10-25(11-4-2)21(27)7-5-6-20(26)23-17-8-9-19(18(22)16-17)24-12-14-28-15-13-24/h8-9,16H,3-7,10-15H2,1-2H3,(H,23,26). The van der Waals surface area contributed by atoms with Crippen LogP contribution in [-0.4, -0.2) is 54.4 Å². The number of amides is 2. The van der Waals surface area contributed by atoms with Crippen LogP contribution >= 0.6 is 23.4 Å². The number of carbonyl (C=O) groups is 2. The molecule has 0 spiro atoms. The Morgan fingerprint density at radius 3 is 2.43 bits per heavy atom. The maximum Gasteiger partial charge on any atom is 0.224 e. The number of halogens is 1. The molecule has 1 aromatic carbocycles. The van der Waals surface area contributed by atoms with Gasteiger partial charge in [-0.15, -0.1) is 0 Å². The van der Waals surface area contributed by atoms with Gasteiger partial charge in [-0.1, -0.05) is 25.4 Å². The van der Waals surface area contributed by atoms with E-state index in [0.29, 0.717) is 30.0 Å². The second-order valence-electron chi connectivity index (χ2n) is 7.05. The number of nitrogens with zero attached hydrogens (tertiary/aromatic N) is 2. The molecule has 1 aliphatic heterocycles. The molecule has 5 nitrogen and oxygen atoms in total. The SMILES string of the molecule is CCCN(CCC)C(=O)CCCC(=O)Nc1ccc(N2CCSCC2)c(Cl)c1. The Morgan fingerprint density at radius 1 is 1.14 bits per heavy atom. The lowest BCUT2D eigenvalue weighted by Gasteiger charge is -2.29. The van der Waals surface area contributed by atoms with Crippen LogP contribution in [0.1, 0.15) is 46.0 Å². The zero-order valence-corrected chi connectivity index (χ0v) is 18.6. The van der Waals surface area contributed by atoms with E-state index in [2.05, 4.69) is 24.1 Å². The predicted molar refractivity (Wildman–Crippen MR) is 121 cm³/mol. The molecule has 156 valence electrons. The van der Waals surface area contributed by atoms with E-state index in [4.69, 9.17) is 11.6 Å². The fraction of sp³-hybridized carbons (Fsp3) is 0.619. The zero-order chi connectivity index (χ0) is 20.4. The maximum absolute atomic E-state index is 12.3. The first-order chi connectivity index (χ1) is 13.5.